The van der Waals surface area contributed by atoms with E-state index < -0.39 is 15.4 Å². The van der Waals surface area contributed by atoms with Gasteiger partial charge in [0.1, 0.15) is 0 Å². The van der Waals surface area contributed by atoms with Crippen molar-refractivity contribution in [1.29, 1.82) is 0 Å². The number of rotatable bonds is 4. The second-order valence-corrected chi connectivity index (χ2v) is 7.99. The second-order valence-electron chi connectivity index (χ2n) is 4.78. The van der Waals surface area contributed by atoms with Crippen molar-refractivity contribution in [3.63, 3.8) is 0 Å². The van der Waals surface area contributed by atoms with Gasteiger partial charge in [0.2, 0.25) is 0 Å². The number of hydrogen-bond donors (Lipinski definition) is 1. The minimum atomic E-state index is -3.31. The van der Waals surface area contributed by atoms with Crippen molar-refractivity contribution in [2.24, 2.45) is 0 Å². The first-order valence-corrected chi connectivity index (χ1v) is 9.03. The van der Waals surface area contributed by atoms with E-state index in [1.54, 1.807) is 18.4 Å². The summed E-state index contributed by atoms with van der Waals surface area (Å²) in [6.45, 7) is 0. The summed E-state index contributed by atoms with van der Waals surface area (Å²) >= 11 is 7.44. The van der Waals surface area contributed by atoms with Gasteiger partial charge in [-0.1, -0.05) is 11.6 Å². The van der Waals surface area contributed by atoms with Crippen molar-refractivity contribution in [3.05, 3.63) is 22.7 Å². The summed E-state index contributed by atoms with van der Waals surface area (Å²) < 4.78 is 23.5. The van der Waals surface area contributed by atoms with Crippen molar-refractivity contribution < 1.29 is 13.5 Å². The van der Waals surface area contributed by atoms with Gasteiger partial charge in [-0.05, 0) is 36.8 Å². The molecule has 1 N–H and O–H groups in total. The summed E-state index contributed by atoms with van der Waals surface area (Å²) in [6, 6.07) is 3.38. The van der Waals surface area contributed by atoms with Gasteiger partial charge in [-0.25, -0.2) is 8.42 Å². The van der Waals surface area contributed by atoms with Crippen LogP contribution in [0.3, 0.4) is 0 Å². The number of hydrogen-bond acceptors (Lipinski definition) is 4. The highest BCUT2D eigenvalue weighted by Gasteiger charge is 2.40. The highest BCUT2D eigenvalue weighted by Crippen LogP contribution is 2.40. The van der Waals surface area contributed by atoms with E-state index in [1.165, 1.54) is 18.0 Å². The summed E-state index contributed by atoms with van der Waals surface area (Å²) in [7, 11) is -3.31. The molecule has 0 radical (unpaired) electrons. The van der Waals surface area contributed by atoms with Crippen molar-refractivity contribution >= 4 is 33.2 Å². The third kappa shape index (κ3) is 3.02. The molecule has 0 amide bonds. The molecule has 18 heavy (non-hydrogen) atoms. The number of aliphatic hydroxyl groups is 1. The predicted molar refractivity (Wildman–Crippen MR) is 74.2 cm³/mol. The lowest BCUT2D eigenvalue weighted by Gasteiger charge is -2.13. The van der Waals surface area contributed by atoms with Gasteiger partial charge in [-0.3, -0.25) is 0 Å². The fraction of sp³-hybridized carbons (Fsp3) is 0.500. The standard InChI is InChI=1S/C12H15ClO3S2/c1-17-11-9(13)5-8(7-12(14)3-4-12)6-10(11)18(2,15)16/h5-6,14H,3-4,7H2,1-2H3. The molecule has 6 heteroatoms. The summed E-state index contributed by atoms with van der Waals surface area (Å²) in [6.07, 6.45) is 4.97. The zero-order valence-electron chi connectivity index (χ0n) is 10.2. The van der Waals surface area contributed by atoms with Crippen LogP contribution in [-0.2, 0) is 16.3 Å². The Labute approximate surface area is 116 Å². The number of benzene rings is 1. The highest BCUT2D eigenvalue weighted by molar-refractivity contribution is 7.99. The molecule has 0 bridgehead atoms. The molecule has 1 aliphatic carbocycles. The maximum atomic E-state index is 11.8. The van der Waals surface area contributed by atoms with Gasteiger partial charge in [0, 0.05) is 17.6 Å². The monoisotopic (exact) mass is 306 g/mol. The van der Waals surface area contributed by atoms with Crippen molar-refractivity contribution in [3.8, 4) is 0 Å². The summed E-state index contributed by atoms with van der Waals surface area (Å²) in [4.78, 5) is 0.826. The molecule has 1 fully saturated rings. The zero-order valence-corrected chi connectivity index (χ0v) is 12.6. The Morgan fingerprint density at radius 1 is 1.44 bits per heavy atom. The lowest BCUT2D eigenvalue weighted by Crippen LogP contribution is -2.11. The molecule has 0 atom stereocenters. The molecule has 3 nitrogen and oxygen atoms in total. The SMILES string of the molecule is CSc1c(Cl)cc(CC2(O)CC2)cc1S(C)(=O)=O. The van der Waals surface area contributed by atoms with E-state index in [2.05, 4.69) is 0 Å². The Bertz CT molecular complexity index is 577. The molecule has 0 aromatic heterocycles. The van der Waals surface area contributed by atoms with Gasteiger partial charge >= 0.3 is 0 Å². The van der Waals surface area contributed by atoms with Gasteiger partial charge < -0.3 is 5.11 Å². The van der Waals surface area contributed by atoms with Crippen molar-refractivity contribution in [2.45, 2.75) is 34.7 Å². The smallest absolute Gasteiger partial charge is 0.176 e. The van der Waals surface area contributed by atoms with E-state index in [0.717, 1.165) is 18.4 Å². The van der Waals surface area contributed by atoms with E-state index in [9.17, 15) is 13.5 Å². The third-order valence-electron chi connectivity index (χ3n) is 3.03. The predicted octanol–water partition coefficient (Wildman–Crippen LogP) is 2.53. The first kappa shape index (κ1) is 14.2. The lowest BCUT2D eigenvalue weighted by atomic mass is 10.1. The quantitative estimate of drug-likeness (QED) is 0.869. The molecule has 0 saturated heterocycles. The van der Waals surface area contributed by atoms with Gasteiger partial charge in [0.05, 0.1) is 15.5 Å². The Balaban J connectivity index is 2.49. The van der Waals surface area contributed by atoms with Crippen LogP contribution in [0.25, 0.3) is 0 Å². The Hall–Kier alpha value is -0.230. The second kappa shape index (κ2) is 4.71. The maximum absolute atomic E-state index is 11.8. The Kier molecular flexibility index (Phi) is 3.71. The van der Waals surface area contributed by atoms with Gasteiger partial charge in [-0.2, -0.15) is 0 Å². The van der Waals surface area contributed by atoms with Crippen LogP contribution in [0.1, 0.15) is 18.4 Å². The van der Waals surface area contributed by atoms with Gasteiger partial charge in [0.25, 0.3) is 0 Å². The summed E-state index contributed by atoms with van der Waals surface area (Å²) in [5.41, 5.74) is 0.122. The van der Waals surface area contributed by atoms with Crippen LogP contribution in [0, 0.1) is 0 Å². The maximum Gasteiger partial charge on any atom is 0.176 e. The first-order chi connectivity index (χ1) is 8.25. The lowest BCUT2D eigenvalue weighted by molar-refractivity contribution is 0.151. The van der Waals surface area contributed by atoms with Gasteiger partial charge in [-0.15, -0.1) is 11.8 Å². The first-order valence-electron chi connectivity index (χ1n) is 5.54. The fourth-order valence-corrected chi connectivity index (χ4v) is 4.46. The van der Waals surface area contributed by atoms with Crippen LogP contribution in [0.4, 0.5) is 0 Å². The van der Waals surface area contributed by atoms with E-state index in [-0.39, 0.29) is 4.90 Å². The molecule has 100 valence electrons. The van der Waals surface area contributed by atoms with E-state index >= 15 is 0 Å². The minimum absolute atomic E-state index is 0.252. The van der Waals surface area contributed by atoms with Crippen LogP contribution >= 0.6 is 23.4 Å². The molecule has 2 rings (SSSR count). The number of sulfone groups is 1. The molecular weight excluding hydrogens is 292 g/mol. The molecule has 0 aliphatic heterocycles. The van der Waals surface area contributed by atoms with Crippen LogP contribution in [-0.4, -0.2) is 31.6 Å². The highest BCUT2D eigenvalue weighted by atomic mass is 35.5. The molecule has 1 aromatic rings. The van der Waals surface area contributed by atoms with E-state index in [1.807, 2.05) is 0 Å². The van der Waals surface area contributed by atoms with Crippen LogP contribution in [0.15, 0.2) is 21.9 Å². The van der Waals surface area contributed by atoms with Gasteiger partial charge in [0.15, 0.2) is 9.84 Å². The summed E-state index contributed by atoms with van der Waals surface area (Å²) in [5.74, 6) is 0. The van der Waals surface area contributed by atoms with Crippen LogP contribution in [0.2, 0.25) is 5.02 Å². The van der Waals surface area contributed by atoms with Crippen molar-refractivity contribution in [2.75, 3.05) is 12.5 Å². The normalized spacial score (nSPS) is 17.8. The number of halogens is 1. The largest absolute Gasteiger partial charge is 0.390 e. The topological polar surface area (TPSA) is 54.4 Å². The van der Waals surface area contributed by atoms with Crippen molar-refractivity contribution in [1.82, 2.24) is 0 Å². The average molecular weight is 307 g/mol. The van der Waals surface area contributed by atoms with E-state index in [0.29, 0.717) is 16.3 Å². The van der Waals surface area contributed by atoms with Crippen LogP contribution in [0.5, 0.6) is 0 Å². The molecule has 0 heterocycles. The molecule has 0 unspecified atom stereocenters. The average Bonchev–Trinajstić information content (AvgIpc) is 2.94. The molecule has 1 aromatic carbocycles. The molecule has 0 spiro atoms. The van der Waals surface area contributed by atoms with Crippen LogP contribution < -0.4 is 0 Å². The fourth-order valence-electron chi connectivity index (χ4n) is 1.90. The number of thioether (sulfide) groups is 1. The summed E-state index contributed by atoms with van der Waals surface area (Å²) in [5, 5.41) is 10.3. The molecule has 1 saturated carbocycles. The molecule has 1 aliphatic rings. The molecular formula is C12H15ClO3S2. The third-order valence-corrected chi connectivity index (χ3v) is 5.54. The Morgan fingerprint density at radius 3 is 2.50 bits per heavy atom. The van der Waals surface area contributed by atoms with E-state index in [4.69, 9.17) is 11.6 Å². The Morgan fingerprint density at radius 2 is 2.06 bits per heavy atom. The zero-order chi connectivity index (χ0) is 13.6. The minimum Gasteiger partial charge on any atom is -0.390 e.